The number of amides is 1. The molecule has 8 heteroatoms. The first-order valence-electron chi connectivity index (χ1n) is 8.09. The van der Waals surface area contributed by atoms with Crippen LogP contribution >= 0.6 is 23.4 Å². The van der Waals surface area contributed by atoms with E-state index in [4.69, 9.17) is 11.6 Å². The van der Waals surface area contributed by atoms with Gasteiger partial charge in [-0.15, -0.1) is 11.8 Å². The topological polar surface area (TPSA) is 62.2 Å². The van der Waals surface area contributed by atoms with Gasteiger partial charge in [0.15, 0.2) is 0 Å². The first kappa shape index (κ1) is 17.9. The summed E-state index contributed by atoms with van der Waals surface area (Å²) in [6.45, 7) is 1.42. The van der Waals surface area contributed by atoms with Gasteiger partial charge in [0.2, 0.25) is 5.95 Å². The highest BCUT2D eigenvalue weighted by molar-refractivity contribution is 7.98. The zero-order valence-corrected chi connectivity index (χ0v) is 15.8. The van der Waals surface area contributed by atoms with Crippen LogP contribution in [0, 0.1) is 0 Å². The van der Waals surface area contributed by atoms with Crippen molar-refractivity contribution in [2.45, 2.75) is 23.9 Å². The van der Waals surface area contributed by atoms with Crippen LogP contribution in [-0.4, -0.2) is 58.2 Å². The molecule has 25 heavy (non-hydrogen) atoms. The van der Waals surface area contributed by atoms with Crippen LogP contribution in [0.15, 0.2) is 35.7 Å². The third-order valence-electron chi connectivity index (χ3n) is 4.42. The number of hydrogen-bond acceptors (Lipinski definition) is 6. The number of aromatic nitrogens is 3. The molecule has 0 aliphatic carbocycles. The molecular weight excluding hydrogens is 358 g/mol. The molecule has 3 heterocycles. The second-order valence-corrected chi connectivity index (χ2v) is 7.13. The number of carbonyl (C=O) groups is 1. The average Bonchev–Trinajstić information content (AvgIpc) is 2.67. The van der Waals surface area contributed by atoms with E-state index in [1.165, 1.54) is 11.8 Å². The fraction of sp³-hybridized carbons (Fsp3) is 0.412. The van der Waals surface area contributed by atoms with Crippen LogP contribution < -0.4 is 4.90 Å². The third-order valence-corrected chi connectivity index (χ3v) is 5.32. The minimum atomic E-state index is 0.0568. The molecule has 0 radical (unpaired) electrons. The molecule has 132 valence electrons. The zero-order chi connectivity index (χ0) is 17.8. The Morgan fingerprint density at radius 2 is 1.96 bits per heavy atom. The van der Waals surface area contributed by atoms with E-state index in [1.807, 2.05) is 30.3 Å². The van der Waals surface area contributed by atoms with Gasteiger partial charge in [-0.05, 0) is 31.2 Å². The summed E-state index contributed by atoms with van der Waals surface area (Å²) < 4.78 is 0. The number of pyridine rings is 1. The fourth-order valence-corrected chi connectivity index (χ4v) is 3.63. The van der Waals surface area contributed by atoms with Crippen molar-refractivity contribution in [3.8, 4) is 0 Å². The van der Waals surface area contributed by atoms with E-state index in [0.717, 1.165) is 17.9 Å². The molecule has 2 aromatic rings. The summed E-state index contributed by atoms with van der Waals surface area (Å²) >= 11 is 7.34. The predicted octanol–water partition coefficient (Wildman–Crippen LogP) is 2.99. The molecule has 0 unspecified atom stereocenters. The molecular formula is C17H20ClN5OS. The summed E-state index contributed by atoms with van der Waals surface area (Å²) in [6.07, 6.45) is 8.62. The van der Waals surface area contributed by atoms with E-state index in [2.05, 4.69) is 19.9 Å². The van der Waals surface area contributed by atoms with Crippen molar-refractivity contribution in [2.24, 2.45) is 0 Å². The van der Waals surface area contributed by atoms with Gasteiger partial charge in [-0.2, -0.15) is 0 Å². The average molecular weight is 378 g/mol. The van der Waals surface area contributed by atoms with Crippen LogP contribution in [0.3, 0.4) is 0 Å². The maximum absolute atomic E-state index is 12.8. The van der Waals surface area contributed by atoms with Crippen LogP contribution in [0.1, 0.15) is 23.2 Å². The molecule has 0 saturated carbocycles. The third kappa shape index (κ3) is 4.04. The number of rotatable bonds is 4. The Bertz CT molecular complexity index is 734. The van der Waals surface area contributed by atoms with E-state index < -0.39 is 0 Å². The summed E-state index contributed by atoms with van der Waals surface area (Å²) in [4.78, 5) is 29.6. The Balaban J connectivity index is 1.63. The largest absolute Gasteiger partial charge is 0.341 e. The van der Waals surface area contributed by atoms with Gasteiger partial charge >= 0.3 is 0 Å². The molecule has 0 aromatic carbocycles. The Labute approximate surface area is 156 Å². The van der Waals surface area contributed by atoms with Crippen molar-refractivity contribution in [3.63, 3.8) is 0 Å². The first-order valence-corrected chi connectivity index (χ1v) is 9.69. The van der Waals surface area contributed by atoms with Gasteiger partial charge in [0.05, 0.1) is 23.0 Å². The number of nitrogens with zero attached hydrogens (tertiary/aromatic N) is 5. The smallest absolute Gasteiger partial charge is 0.256 e. The van der Waals surface area contributed by atoms with E-state index in [0.29, 0.717) is 35.7 Å². The lowest BCUT2D eigenvalue weighted by Crippen LogP contribution is -2.46. The Morgan fingerprint density at radius 3 is 2.60 bits per heavy atom. The van der Waals surface area contributed by atoms with Gasteiger partial charge in [-0.1, -0.05) is 11.6 Å². The van der Waals surface area contributed by atoms with E-state index in [-0.39, 0.29) is 5.91 Å². The molecule has 0 bridgehead atoms. The number of anilines is 1. The lowest BCUT2D eigenvalue weighted by molar-refractivity contribution is 0.0708. The molecule has 1 amide bonds. The molecule has 3 rings (SSSR count). The Hall–Kier alpha value is -1.86. The van der Waals surface area contributed by atoms with Crippen molar-refractivity contribution < 1.29 is 4.79 Å². The second kappa shape index (κ2) is 8.01. The van der Waals surface area contributed by atoms with Gasteiger partial charge in [-0.25, -0.2) is 15.0 Å². The number of thioether (sulfide) groups is 1. The molecule has 0 atom stereocenters. The predicted molar refractivity (Wildman–Crippen MR) is 100 cm³/mol. The fourth-order valence-electron chi connectivity index (χ4n) is 2.99. The highest BCUT2D eigenvalue weighted by Gasteiger charge is 2.28. The Morgan fingerprint density at radius 1 is 1.28 bits per heavy atom. The van der Waals surface area contributed by atoms with Gasteiger partial charge in [-0.3, -0.25) is 4.79 Å². The minimum absolute atomic E-state index is 0.0568. The van der Waals surface area contributed by atoms with Gasteiger partial charge in [0.1, 0.15) is 5.03 Å². The monoisotopic (exact) mass is 377 g/mol. The number of halogens is 1. The molecule has 0 spiro atoms. The van der Waals surface area contributed by atoms with Gasteiger partial charge in [0.25, 0.3) is 5.91 Å². The zero-order valence-electron chi connectivity index (χ0n) is 14.2. The number of likely N-dealkylation sites (tertiary alicyclic amines) is 1. The highest BCUT2D eigenvalue weighted by atomic mass is 35.5. The van der Waals surface area contributed by atoms with Crippen LogP contribution in [0.25, 0.3) is 0 Å². The number of piperidine rings is 1. The van der Waals surface area contributed by atoms with Crippen molar-refractivity contribution >= 4 is 35.2 Å². The normalized spacial score (nSPS) is 15.2. The summed E-state index contributed by atoms with van der Waals surface area (Å²) in [6, 6.07) is 3.96. The van der Waals surface area contributed by atoms with Crippen molar-refractivity contribution in [1.82, 2.24) is 19.9 Å². The summed E-state index contributed by atoms with van der Waals surface area (Å²) in [5, 5.41) is 1.31. The molecule has 0 N–H and O–H groups in total. The summed E-state index contributed by atoms with van der Waals surface area (Å²) in [5.74, 6) is 0.715. The molecule has 1 aliphatic rings. The van der Waals surface area contributed by atoms with Crippen LogP contribution in [0.2, 0.25) is 5.02 Å². The van der Waals surface area contributed by atoms with Crippen molar-refractivity contribution in [3.05, 3.63) is 41.3 Å². The van der Waals surface area contributed by atoms with Crippen LogP contribution in [-0.2, 0) is 0 Å². The van der Waals surface area contributed by atoms with E-state index in [9.17, 15) is 4.79 Å². The maximum Gasteiger partial charge on any atom is 0.256 e. The lowest BCUT2D eigenvalue weighted by atomic mass is 10.0. The standard InChI is InChI=1S/C17H20ClN5OS/c1-22(17-20-10-12(18)11-21-17)13-5-8-23(9-6-13)16(24)14-4-3-7-19-15(14)25-2/h3-4,7,10-11,13H,5-6,8-9H2,1-2H3. The van der Waals surface area contributed by atoms with Crippen molar-refractivity contribution in [1.29, 1.82) is 0 Å². The summed E-state index contributed by atoms with van der Waals surface area (Å²) in [7, 11) is 1.98. The van der Waals surface area contributed by atoms with Crippen molar-refractivity contribution in [2.75, 3.05) is 31.3 Å². The molecule has 1 aliphatic heterocycles. The molecule has 6 nitrogen and oxygen atoms in total. The minimum Gasteiger partial charge on any atom is -0.341 e. The number of carbonyl (C=O) groups excluding carboxylic acids is 1. The van der Waals surface area contributed by atoms with Crippen LogP contribution in [0.5, 0.6) is 0 Å². The SMILES string of the molecule is CSc1ncccc1C(=O)N1CCC(N(C)c2ncc(Cl)cn2)CC1. The Kier molecular flexibility index (Phi) is 5.75. The van der Waals surface area contributed by atoms with Crippen LogP contribution in [0.4, 0.5) is 5.95 Å². The van der Waals surface area contributed by atoms with Gasteiger partial charge < -0.3 is 9.80 Å². The lowest BCUT2D eigenvalue weighted by Gasteiger charge is -2.36. The summed E-state index contributed by atoms with van der Waals surface area (Å²) in [5.41, 5.74) is 0.683. The highest BCUT2D eigenvalue weighted by Crippen LogP contribution is 2.23. The quantitative estimate of drug-likeness (QED) is 0.763. The van der Waals surface area contributed by atoms with E-state index >= 15 is 0 Å². The second-order valence-electron chi connectivity index (χ2n) is 5.90. The molecule has 1 saturated heterocycles. The van der Waals surface area contributed by atoms with E-state index in [1.54, 1.807) is 18.6 Å². The van der Waals surface area contributed by atoms with Gasteiger partial charge in [0, 0.05) is 32.4 Å². The maximum atomic E-state index is 12.8. The first-order chi connectivity index (χ1) is 12.1. The number of hydrogen-bond donors (Lipinski definition) is 0. The molecule has 2 aromatic heterocycles. The molecule has 1 fully saturated rings.